The molecule has 0 heterocycles. The molecule has 0 amide bonds. The molecule has 0 aromatic heterocycles. The van der Waals surface area contributed by atoms with Crippen molar-refractivity contribution in [1.29, 1.82) is 0 Å². The van der Waals surface area contributed by atoms with Gasteiger partial charge >= 0.3 is 11.9 Å². The first-order chi connectivity index (χ1) is 32.7. The van der Waals surface area contributed by atoms with Gasteiger partial charge in [-0.05, 0) is 137 Å². The highest BCUT2D eigenvalue weighted by molar-refractivity contribution is 6.10. The molecular weight excluding hydrogens is 837 g/mol. The predicted molar refractivity (Wildman–Crippen MR) is 277 cm³/mol. The zero-order valence-electron chi connectivity index (χ0n) is 39.7. The Morgan fingerprint density at radius 1 is 0.433 bits per heavy atom. The molecule has 2 N–H and O–H groups in total. The van der Waals surface area contributed by atoms with Gasteiger partial charge in [-0.3, -0.25) is 19.2 Å². The van der Waals surface area contributed by atoms with Crippen molar-refractivity contribution in [3.05, 3.63) is 181 Å². The third-order valence-corrected chi connectivity index (χ3v) is 9.50. The highest BCUT2D eigenvalue weighted by atomic mass is 16.5. The Bertz CT molecular complexity index is 2000. The molecule has 0 saturated carbocycles. The SMILES string of the molecule is CC/C=C\C/C=C\C/C=C\C/C=C\C/C=C\CCCC(=O)Oc1ccc(/C=C/C(=O)CC(=O)/C=C/c2ccc(OC(=O)CCC/C=C\C/C=C\C/C=C\C/C=C\C/C=C\CC)c(O)c2)cc1O. The summed E-state index contributed by atoms with van der Waals surface area (Å²) < 4.78 is 10.7. The van der Waals surface area contributed by atoms with Crippen molar-refractivity contribution in [2.45, 2.75) is 123 Å². The summed E-state index contributed by atoms with van der Waals surface area (Å²) in [6.45, 7) is 4.26. The van der Waals surface area contributed by atoms with Crippen molar-refractivity contribution >= 4 is 35.7 Å². The predicted octanol–water partition coefficient (Wildman–Crippen LogP) is 15.0. The topological polar surface area (TPSA) is 127 Å². The van der Waals surface area contributed by atoms with Gasteiger partial charge < -0.3 is 19.7 Å². The van der Waals surface area contributed by atoms with Crippen LogP contribution >= 0.6 is 0 Å². The Morgan fingerprint density at radius 3 is 1.03 bits per heavy atom. The van der Waals surface area contributed by atoms with Crippen molar-refractivity contribution in [3.8, 4) is 23.0 Å². The van der Waals surface area contributed by atoms with Gasteiger partial charge in [0.2, 0.25) is 0 Å². The number of hydrogen-bond donors (Lipinski definition) is 2. The van der Waals surface area contributed by atoms with Gasteiger partial charge in [-0.15, -0.1) is 0 Å². The number of esters is 2. The maximum Gasteiger partial charge on any atom is 0.311 e. The van der Waals surface area contributed by atoms with Crippen molar-refractivity contribution in [1.82, 2.24) is 0 Å². The van der Waals surface area contributed by atoms with E-state index < -0.39 is 29.9 Å². The minimum Gasteiger partial charge on any atom is -0.504 e. The number of aromatic hydroxyl groups is 2. The van der Waals surface area contributed by atoms with Gasteiger partial charge in [0.05, 0.1) is 6.42 Å². The summed E-state index contributed by atoms with van der Waals surface area (Å²) in [5.41, 5.74) is 0.960. The second-order valence-electron chi connectivity index (χ2n) is 15.4. The molecule has 0 fully saturated rings. The zero-order valence-corrected chi connectivity index (χ0v) is 39.7. The Morgan fingerprint density at radius 2 is 0.731 bits per heavy atom. The van der Waals surface area contributed by atoms with Crippen LogP contribution in [0.15, 0.2) is 170 Å². The van der Waals surface area contributed by atoms with Crippen LogP contribution in [0.25, 0.3) is 12.2 Å². The van der Waals surface area contributed by atoms with E-state index in [4.69, 9.17) is 9.47 Å². The number of ether oxygens (including phenoxy) is 2. The minimum absolute atomic E-state index is 0.0222. The Hall–Kier alpha value is -6.80. The monoisotopic (exact) mass is 909 g/mol. The molecule has 8 heteroatoms. The van der Waals surface area contributed by atoms with Crippen LogP contribution in [0.3, 0.4) is 0 Å². The van der Waals surface area contributed by atoms with E-state index in [1.54, 1.807) is 12.1 Å². The fourth-order valence-electron chi connectivity index (χ4n) is 5.93. The number of unbranched alkanes of at least 4 members (excludes halogenated alkanes) is 2. The molecule has 0 unspecified atom stereocenters. The van der Waals surface area contributed by atoms with Crippen LogP contribution in [-0.4, -0.2) is 33.7 Å². The van der Waals surface area contributed by atoms with E-state index in [1.165, 1.54) is 48.6 Å². The number of allylic oxidation sites excluding steroid dienone is 22. The Balaban J connectivity index is 1.63. The molecule has 0 aliphatic heterocycles. The molecular formula is C59H72O8. The summed E-state index contributed by atoms with van der Waals surface area (Å²) in [6, 6.07) is 8.81. The van der Waals surface area contributed by atoms with Crippen LogP contribution in [0.1, 0.15) is 134 Å². The van der Waals surface area contributed by atoms with Gasteiger partial charge in [0.15, 0.2) is 34.6 Å². The summed E-state index contributed by atoms with van der Waals surface area (Å²) in [4.78, 5) is 49.7. The fourth-order valence-corrected chi connectivity index (χ4v) is 5.93. The quantitative estimate of drug-likeness (QED) is 0.0177. The maximum atomic E-state index is 12.5. The second-order valence-corrected chi connectivity index (χ2v) is 15.4. The molecule has 67 heavy (non-hydrogen) atoms. The van der Waals surface area contributed by atoms with Gasteiger partial charge in [-0.2, -0.15) is 0 Å². The van der Waals surface area contributed by atoms with Crippen LogP contribution in [0.5, 0.6) is 23.0 Å². The summed E-state index contributed by atoms with van der Waals surface area (Å²) in [6.07, 6.45) is 60.3. The average Bonchev–Trinajstić information content (AvgIpc) is 3.31. The van der Waals surface area contributed by atoms with E-state index in [1.807, 2.05) is 12.2 Å². The number of benzene rings is 2. The van der Waals surface area contributed by atoms with Crippen LogP contribution in [0.2, 0.25) is 0 Å². The van der Waals surface area contributed by atoms with Crippen molar-refractivity contribution in [2.75, 3.05) is 0 Å². The molecule has 2 rings (SSSR count). The van der Waals surface area contributed by atoms with Gasteiger partial charge in [0.1, 0.15) is 0 Å². The number of carbonyl (C=O) groups excluding carboxylic acids is 4. The fraction of sp³-hybridized carbons (Fsp3) is 0.322. The van der Waals surface area contributed by atoms with Crippen LogP contribution in [0, 0.1) is 0 Å². The molecule has 2 aromatic rings. The molecule has 8 nitrogen and oxygen atoms in total. The first-order valence-corrected chi connectivity index (χ1v) is 23.7. The first kappa shape index (κ1) is 56.3. The van der Waals surface area contributed by atoms with Gasteiger partial charge in [0, 0.05) is 12.8 Å². The molecule has 0 atom stereocenters. The average molecular weight is 909 g/mol. The van der Waals surface area contributed by atoms with E-state index in [0.717, 1.165) is 77.0 Å². The van der Waals surface area contributed by atoms with Crippen molar-refractivity contribution < 1.29 is 38.9 Å². The summed E-state index contributed by atoms with van der Waals surface area (Å²) >= 11 is 0. The van der Waals surface area contributed by atoms with Gasteiger partial charge in [0.25, 0.3) is 0 Å². The maximum absolute atomic E-state index is 12.5. The lowest BCUT2D eigenvalue weighted by molar-refractivity contribution is -0.135. The van der Waals surface area contributed by atoms with E-state index in [0.29, 0.717) is 24.0 Å². The zero-order chi connectivity index (χ0) is 48.4. The highest BCUT2D eigenvalue weighted by Crippen LogP contribution is 2.29. The molecule has 0 saturated heterocycles. The second kappa shape index (κ2) is 38.5. The third-order valence-electron chi connectivity index (χ3n) is 9.50. The van der Waals surface area contributed by atoms with Crippen LogP contribution in [-0.2, 0) is 19.2 Å². The van der Waals surface area contributed by atoms with E-state index in [9.17, 15) is 29.4 Å². The molecule has 0 spiro atoms. The summed E-state index contributed by atoms with van der Waals surface area (Å²) in [7, 11) is 0. The Labute approximate surface area is 400 Å². The first-order valence-electron chi connectivity index (χ1n) is 23.7. The number of ketones is 2. The van der Waals surface area contributed by atoms with E-state index in [2.05, 4.69) is 123 Å². The van der Waals surface area contributed by atoms with Crippen LogP contribution < -0.4 is 9.47 Å². The lowest BCUT2D eigenvalue weighted by Gasteiger charge is -2.07. The molecule has 0 bridgehead atoms. The largest absolute Gasteiger partial charge is 0.504 e. The smallest absolute Gasteiger partial charge is 0.311 e. The van der Waals surface area contributed by atoms with Crippen LogP contribution in [0.4, 0.5) is 0 Å². The van der Waals surface area contributed by atoms with Crippen molar-refractivity contribution in [3.63, 3.8) is 0 Å². The molecule has 356 valence electrons. The van der Waals surface area contributed by atoms with Gasteiger partial charge in [-0.1, -0.05) is 160 Å². The van der Waals surface area contributed by atoms with E-state index >= 15 is 0 Å². The van der Waals surface area contributed by atoms with Crippen molar-refractivity contribution in [2.24, 2.45) is 0 Å². The number of hydrogen-bond acceptors (Lipinski definition) is 8. The summed E-state index contributed by atoms with van der Waals surface area (Å²) in [5, 5.41) is 20.8. The Kier molecular flexibility index (Phi) is 32.3. The number of rotatable bonds is 34. The minimum atomic E-state index is -0.457. The third kappa shape index (κ3) is 30.9. The lowest BCUT2D eigenvalue weighted by Crippen LogP contribution is -2.07. The number of carbonyl (C=O) groups is 4. The van der Waals surface area contributed by atoms with Gasteiger partial charge in [-0.25, -0.2) is 0 Å². The molecule has 0 radical (unpaired) electrons. The molecule has 0 aliphatic carbocycles. The number of phenols is 2. The van der Waals surface area contributed by atoms with E-state index in [-0.39, 0.29) is 35.8 Å². The highest BCUT2D eigenvalue weighted by Gasteiger charge is 2.11. The normalized spacial score (nSPS) is 12.7. The molecule has 2 aromatic carbocycles. The lowest BCUT2D eigenvalue weighted by atomic mass is 10.1. The summed E-state index contributed by atoms with van der Waals surface area (Å²) in [5.74, 6) is -2.28. The standard InChI is InChI=1S/C59H72O8/c1-3-5-7-9-11-13-15-17-19-21-23-25-27-29-31-33-35-37-58(64)66-56-45-41-50(47-54(56)62)39-43-52(60)49-53(61)44-40-51-42-46-57(55(63)48-51)67-59(65)38-36-34-32-30-28-26-24-22-20-18-16-14-12-10-8-6-4-2/h5-8,11-14,17-20,23-26,29-32,39-48,62-63H,3-4,9-10,15-16,21-22,27-28,33-38,49H2,1-2H3/b7-5-,8-6-,13-11-,14-12-,19-17-,20-18-,25-23-,26-24-,31-29-,32-30-,43-39+,44-40+. The number of phenolic OH excluding ortho intramolecular Hbond substituents is 2. The molecule has 0 aliphatic rings.